The van der Waals surface area contributed by atoms with Gasteiger partial charge in [0.25, 0.3) is 11.7 Å². The smallest absolute Gasteiger partial charge is 0.298 e. The predicted molar refractivity (Wildman–Crippen MR) is 104 cm³/mol. The van der Waals surface area contributed by atoms with Crippen molar-refractivity contribution in [3.63, 3.8) is 0 Å². The van der Waals surface area contributed by atoms with Crippen molar-refractivity contribution in [1.29, 1.82) is 0 Å². The number of anilines is 1. The number of rotatable bonds is 7. The Kier molecular flexibility index (Phi) is 5.96. The Bertz CT molecular complexity index is 1030. The van der Waals surface area contributed by atoms with Gasteiger partial charge in [-0.05, 0) is 32.0 Å². The van der Waals surface area contributed by atoms with E-state index in [1.807, 2.05) is 11.5 Å². The van der Waals surface area contributed by atoms with Gasteiger partial charge in [-0.1, -0.05) is 23.5 Å². The number of hydrogen-bond donors (Lipinski definition) is 1. The lowest BCUT2D eigenvalue weighted by molar-refractivity contribution is -0.112. The minimum Gasteiger partial charge on any atom is -0.383 e. The molecule has 0 aliphatic rings. The van der Waals surface area contributed by atoms with Crippen molar-refractivity contribution in [1.82, 2.24) is 14.8 Å². The Morgan fingerprint density at radius 2 is 2.04 bits per heavy atom. The van der Waals surface area contributed by atoms with Gasteiger partial charge in [0.2, 0.25) is 5.13 Å². The maximum atomic E-state index is 13.3. The number of aryl methyl sites for hydroxylation is 1. The van der Waals surface area contributed by atoms with E-state index in [-0.39, 0.29) is 5.13 Å². The Morgan fingerprint density at radius 1 is 1.25 bits per heavy atom. The van der Waals surface area contributed by atoms with Crippen LogP contribution in [0.1, 0.15) is 21.7 Å². The summed E-state index contributed by atoms with van der Waals surface area (Å²) in [6.45, 7) is 4.75. The van der Waals surface area contributed by atoms with Crippen molar-refractivity contribution in [2.45, 2.75) is 20.4 Å². The number of methoxy groups -OCH3 is 1. The van der Waals surface area contributed by atoms with Crippen molar-refractivity contribution in [3.05, 3.63) is 53.1 Å². The van der Waals surface area contributed by atoms with Gasteiger partial charge in [0.05, 0.1) is 6.61 Å². The molecule has 0 unspecified atom stereocenters. The van der Waals surface area contributed by atoms with Gasteiger partial charge in [0.15, 0.2) is 0 Å². The number of Topliss-reactive ketones (excluding diaryl/α,β-unsaturated/α-hetero) is 1. The van der Waals surface area contributed by atoms with E-state index in [0.29, 0.717) is 35.0 Å². The zero-order valence-electron chi connectivity index (χ0n) is 15.7. The summed E-state index contributed by atoms with van der Waals surface area (Å²) in [5.74, 6) is -1.84. The minimum atomic E-state index is -0.797. The zero-order chi connectivity index (χ0) is 20.3. The average molecular weight is 402 g/mol. The number of carbonyl (C=O) groups excluding carboxylic acids is 2. The van der Waals surface area contributed by atoms with Crippen molar-refractivity contribution in [3.8, 4) is 10.6 Å². The van der Waals surface area contributed by atoms with Gasteiger partial charge in [-0.3, -0.25) is 14.9 Å². The van der Waals surface area contributed by atoms with Crippen LogP contribution in [0.15, 0.2) is 30.3 Å². The first-order valence-electron chi connectivity index (χ1n) is 8.51. The number of ketones is 1. The molecule has 0 fully saturated rings. The largest absolute Gasteiger partial charge is 0.383 e. The molecule has 1 aromatic carbocycles. The lowest BCUT2D eigenvalue weighted by atomic mass is 10.1. The third kappa shape index (κ3) is 4.15. The fourth-order valence-corrected chi connectivity index (χ4v) is 3.58. The lowest BCUT2D eigenvalue weighted by Crippen LogP contribution is -2.23. The van der Waals surface area contributed by atoms with Crippen molar-refractivity contribution >= 4 is 28.2 Å². The molecular formula is C19H19FN4O3S. The average Bonchev–Trinajstić information content (AvgIpc) is 3.24. The Hall–Kier alpha value is -2.91. The lowest BCUT2D eigenvalue weighted by Gasteiger charge is -2.08. The zero-order valence-corrected chi connectivity index (χ0v) is 16.5. The number of amides is 1. The Morgan fingerprint density at radius 3 is 2.75 bits per heavy atom. The molecule has 0 spiro atoms. The first-order valence-corrected chi connectivity index (χ1v) is 9.33. The van der Waals surface area contributed by atoms with Crippen molar-refractivity contribution < 1.29 is 18.7 Å². The summed E-state index contributed by atoms with van der Waals surface area (Å²) in [4.78, 5) is 25.0. The molecule has 2 aromatic heterocycles. The van der Waals surface area contributed by atoms with Gasteiger partial charge in [0.1, 0.15) is 10.8 Å². The van der Waals surface area contributed by atoms with Gasteiger partial charge >= 0.3 is 0 Å². The predicted octanol–water partition coefficient (Wildman–Crippen LogP) is 3.23. The summed E-state index contributed by atoms with van der Waals surface area (Å²) < 4.78 is 20.3. The summed E-state index contributed by atoms with van der Waals surface area (Å²) in [6, 6.07) is 7.59. The molecule has 2 heterocycles. The molecular weight excluding hydrogens is 383 g/mol. The first-order chi connectivity index (χ1) is 13.4. The summed E-state index contributed by atoms with van der Waals surface area (Å²) in [7, 11) is 1.60. The van der Waals surface area contributed by atoms with Crippen LogP contribution in [-0.2, 0) is 16.1 Å². The van der Waals surface area contributed by atoms with E-state index in [2.05, 4.69) is 15.5 Å². The van der Waals surface area contributed by atoms with E-state index >= 15 is 0 Å². The first kappa shape index (κ1) is 19.8. The fourth-order valence-electron chi connectivity index (χ4n) is 2.85. The highest BCUT2D eigenvalue weighted by Gasteiger charge is 2.23. The molecule has 0 aliphatic carbocycles. The van der Waals surface area contributed by atoms with E-state index in [4.69, 9.17) is 4.74 Å². The third-order valence-corrected chi connectivity index (χ3v) is 5.15. The molecule has 0 aliphatic heterocycles. The van der Waals surface area contributed by atoms with Crippen LogP contribution in [0.5, 0.6) is 0 Å². The topological polar surface area (TPSA) is 86.1 Å². The van der Waals surface area contributed by atoms with Crippen molar-refractivity contribution in [2.75, 3.05) is 19.0 Å². The van der Waals surface area contributed by atoms with Crippen LogP contribution in [0.3, 0.4) is 0 Å². The highest BCUT2D eigenvalue weighted by atomic mass is 32.1. The standard InChI is InChI=1S/C19H19FN4O3S/c1-11-9-15(12(2)24(11)7-8-27-3)16(25)17(26)21-19-23-22-18(28-19)13-5-4-6-14(20)10-13/h4-6,9-10H,7-8H2,1-3H3,(H,21,23,26). The summed E-state index contributed by atoms with van der Waals surface area (Å²) in [6.07, 6.45) is 0. The van der Waals surface area contributed by atoms with Crippen LogP contribution in [0, 0.1) is 19.7 Å². The van der Waals surface area contributed by atoms with Crippen LogP contribution in [0.25, 0.3) is 10.6 Å². The number of halogens is 1. The number of nitrogens with one attached hydrogen (secondary N) is 1. The molecule has 0 bridgehead atoms. The van der Waals surface area contributed by atoms with Crippen LogP contribution in [0.4, 0.5) is 9.52 Å². The summed E-state index contributed by atoms with van der Waals surface area (Å²) in [5, 5.41) is 10.9. The van der Waals surface area contributed by atoms with Gasteiger partial charge in [0, 0.05) is 36.2 Å². The molecule has 28 heavy (non-hydrogen) atoms. The van der Waals surface area contributed by atoms with Gasteiger partial charge in [-0.25, -0.2) is 4.39 Å². The SMILES string of the molecule is COCCn1c(C)cc(C(=O)C(=O)Nc2nnc(-c3cccc(F)c3)s2)c1C. The van der Waals surface area contributed by atoms with Crippen LogP contribution < -0.4 is 5.32 Å². The number of nitrogens with zero attached hydrogens (tertiary/aromatic N) is 3. The van der Waals surface area contributed by atoms with Crippen LogP contribution >= 0.6 is 11.3 Å². The number of benzene rings is 1. The monoisotopic (exact) mass is 402 g/mol. The number of carbonyl (C=O) groups is 2. The number of ether oxygens (including phenoxy) is 1. The van der Waals surface area contributed by atoms with Gasteiger partial charge in [-0.15, -0.1) is 10.2 Å². The molecule has 0 radical (unpaired) electrons. The van der Waals surface area contributed by atoms with E-state index < -0.39 is 17.5 Å². The Labute approximate surface area is 165 Å². The maximum absolute atomic E-state index is 13.3. The molecule has 146 valence electrons. The van der Waals surface area contributed by atoms with Gasteiger partial charge in [-0.2, -0.15) is 0 Å². The number of hydrogen-bond acceptors (Lipinski definition) is 6. The molecule has 9 heteroatoms. The molecule has 0 atom stereocenters. The van der Waals surface area contributed by atoms with E-state index in [1.165, 1.54) is 12.1 Å². The van der Waals surface area contributed by atoms with E-state index in [0.717, 1.165) is 17.0 Å². The molecule has 1 N–H and O–H groups in total. The normalized spacial score (nSPS) is 10.9. The molecule has 3 aromatic rings. The minimum absolute atomic E-state index is 0.172. The molecule has 1 amide bonds. The third-order valence-electron chi connectivity index (χ3n) is 4.26. The highest BCUT2D eigenvalue weighted by molar-refractivity contribution is 7.18. The second kappa shape index (κ2) is 8.41. The molecule has 0 saturated heterocycles. The fraction of sp³-hybridized carbons (Fsp3) is 0.263. The number of aromatic nitrogens is 3. The quantitative estimate of drug-likeness (QED) is 0.484. The summed E-state index contributed by atoms with van der Waals surface area (Å²) in [5.41, 5.74) is 2.45. The van der Waals surface area contributed by atoms with Crippen LogP contribution in [-0.4, -0.2) is 40.2 Å². The second-order valence-electron chi connectivity index (χ2n) is 6.14. The van der Waals surface area contributed by atoms with Crippen LogP contribution in [0.2, 0.25) is 0 Å². The molecule has 7 nitrogen and oxygen atoms in total. The van der Waals surface area contributed by atoms with Gasteiger partial charge < -0.3 is 9.30 Å². The van der Waals surface area contributed by atoms with E-state index in [9.17, 15) is 14.0 Å². The second-order valence-corrected chi connectivity index (χ2v) is 7.11. The van der Waals surface area contributed by atoms with Crippen molar-refractivity contribution in [2.24, 2.45) is 0 Å². The van der Waals surface area contributed by atoms with E-state index in [1.54, 1.807) is 32.2 Å². The maximum Gasteiger partial charge on any atom is 0.298 e. The highest BCUT2D eigenvalue weighted by Crippen LogP contribution is 2.27. The summed E-state index contributed by atoms with van der Waals surface area (Å²) >= 11 is 1.06. The molecule has 3 rings (SSSR count). The Balaban J connectivity index is 1.74. The molecule has 0 saturated carbocycles.